The van der Waals surface area contributed by atoms with E-state index >= 15 is 0 Å². The number of rotatable bonds is 6. The molecule has 0 aliphatic carbocycles. The van der Waals surface area contributed by atoms with Gasteiger partial charge in [0, 0.05) is 31.1 Å². The number of hydrogen-bond donors (Lipinski definition) is 0. The third kappa shape index (κ3) is 4.20. The molecule has 11 heteroatoms. The fraction of sp³-hybridized carbons (Fsp3) is 0.381. The number of urea groups is 1. The number of sulfonamides is 1. The average molecular weight is 477 g/mol. The lowest BCUT2D eigenvalue weighted by atomic mass is 10.1. The van der Waals surface area contributed by atoms with Gasteiger partial charge >= 0.3 is 17.8 Å². The van der Waals surface area contributed by atoms with Crippen LogP contribution >= 0.6 is 11.3 Å². The Bertz CT molecular complexity index is 1150. The van der Waals surface area contributed by atoms with Crippen LogP contribution in [0.4, 0.5) is 4.79 Å². The van der Waals surface area contributed by atoms with Crippen LogP contribution in [0.15, 0.2) is 40.6 Å². The van der Waals surface area contributed by atoms with Crippen molar-refractivity contribution in [2.75, 3.05) is 32.8 Å². The molecule has 0 spiro atoms. The summed E-state index contributed by atoms with van der Waals surface area (Å²) in [6.07, 6.45) is 0. The summed E-state index contributed by atoms with van der Waals surface area (Å²) in [5.74, 6) is -1.68. The molecule has 9 nitrogen and oxygen atoms in total. The summed E-state index contributed by atoms with van der Waals surface area (Å²) in [4.78, 5) is 42.1. The largest absolute Gasteiger partial charge is 0.335 e. The molecule has 0 bridgehead atoms. The molecule has 32 heavy (non-hydrogen) atoms. The summed E-state index contributed by atoms with van der Waals surface area (Å²) in [5.41, 5.74) is 1.93. The molecule has 0 atom stereocenters. The minimum absolute atomic E-state index is 0.0398. The Morgan fingerprint density at radius 1 is 0.906 bits per heavy atom. The molecular weight excluding hydrogens is 452 g/mol. The molecule has 3 heterocycles. The average Bonchev–Trinajstić information content (AvgIpc) is 3.35. The summed E-state index contributed by atoms with van der Waals surface area (Å²) < 4.78 is 27.4. The number of piperazine rings is 1. The van der Waals surface area contributed by atoms with Gasteiger partial charge in [0.2, 0.25) is 10.0 Å². The van der Waals surface area contributed by atoms with E-state index in [-0.39, 0.29) is 31.2 Å². The van der Waals surface area contributed by atoms with E-state index in [9.17, 15) is 22.8 Å². The predicted molar refractivity (Wildman–Crippen MR) is 118 cm³/mol. The molecule has 2 aliphatic heterocycles. The van der Waals surface area contributed by atoms with Crippen LogP contribution in [0.5, 0.6) is 0 Å². The molecule has 0 radical (unpaired) electrons. The van der Waals surface area contributed by atoms with Crippen molar-refractivity contribution in [3.63, 3.8) is 0 Å². The van der Waals surface area contributed by atoms with Gasteiger partial charge in [-0.1, -0.05) is 12.1 Å². The van der Waals surface area contributed by atoms with Crippen LogP contribution in [0.2, 0.25) is 0 Å². The lowest BCUT2D eigenvalue weighted by molar-refractivity contribution is -0.144. The molecule has 2 saturated heterocycles. The van der Waals surface area contributed by atoms with Gasteiger partial charge in [-0.05, 0) is 48.6 Å². The second-order valence-electron chi connectivity index (χ2n) is 7.90. The molecule has 2 aromatic rings. The van der Waals surface area contributed by atoms with Gasteiger partial charge in [0.25, 0.3) is 0 Å². The summed E-state index contributed by atoms with van der Waals surface area (Å²) in [6, 6.07) is 8.05. The van der Waals surface area contributed by atoms with Crippen molar-refractivity contribution in [1.29, 1.82) is 0 Å². The number of amides is 4. The zero-order chi connectivity index (χ0) is 23.0. The SMILES string of the molecule is Cc1ccc(S(=O)(=O)N2CCN(CN3C(=O)C(=O)N(Cc4cccs4)C3=O)CC2)cc1C. The molecule has 4 rings (SSSR count). The number of nitrogens with zero attached hydrogens (tertiary/aromatic N) is 4. The molecule has 2 fully saturated rings. The first-order valence-electron chi connectivity index (χ1n) is 10.2. The summed E-state index contributed by atoms with van der Waals surface area (Å²) >= 11 is 1.41. The van der Waals surface area contributed by atoms with E-state index in [4.69, 9.17) is 0 Å². The van der Waals surface area contributed by atoms with Gasteiger partial charge in [-0.3, -0.25) is 19.4 Å². The van der Waals surface area contributed by atoms with Gasteiger partial charge in [0.05, 0.1) is 18.1 Å². The molecule has 1 aromatic carbocycles. The van der Waals surface area contributed by atoms with Gasteiger partial charge in [0.15, 0.2) is 0 Å². The first-order chi connectivity index (χ1) is 15.2. The fourth-order valence-corrected chi connectivity index (χ4v) is 5.91. The van der Waals surface area contributed by atoms with Gasteiger partial charge in [0.1, 0.15) is 0 Å². The quantitative estimate of drug-likeness (QED) is 0.464. The Morgan fingerprint density at radius 2 is 1.59 bits per heavy atom. The van der Waals surface area contributed by atoms with E-state index < -0.39 is 27.9 Å². The topological polar surface area (TPSA) is 98.3 Å². The van der Waals surface area contributed by atoms with Crippen LogP contribution < -0.4 is 0 Å². The number of carbonyl (C=O) groups excluding carboxylic acids is 3. The van der Waals surface area contributed by atoms with E-state index in [1.54, 1.807) is 24.3 Å². The van der Waals surface area contributed by atoms with Gasteiger partial charge < -0.3 is 0 Å². The van der Waals surface area contributed by atoms with Crippen molar-refractivity contribution in [2.24, 2.45) is 0 Å². The number of hydrogen-bond acceptors (Lipinski definition) is 7. The van der Waals surface area contributed by atoms with Crippen molar-refractivity contribution in [2.45, 2.75) is 25.3 Å². The highest BCUT2D eigenvalue weighted by Gasteiger charge is 2.45. The van der Waals surface area contributed by atoms with Crippen molar-refractivity contribution >= 4 is 39.2 Å². The van der Waals surface area contributed by atoms with Gasteiger partial charge in [-0.15, -0.1) is 11.3 Å². The molecule has 2 aliphatic rings. The minimum atomic E-state index is -3.62. The zero-order valence-corrected chi connectivity index (χ0v) is 19.5. The Balaban J connectivity index is 1.38. The molecule has 0 saturated carbocycles. The van der Waals surface area contributed by atoms with E-state index in [0.717, 1.165) is 25.8 Å². The normalized spacial score (nSPS) is 18.8. The third-order valence-electron chi connectivity index (χ3n) is 5.82. The standard InChI is InChI=1S/C21H24N4O5S2/c1-15-5-6-18(12-16(15)2)32(29,30)23-9-7-22(8-10-23)14-25-20(27)19(26)24(21(25)28)13-17-4-3-11-31-17/h3-6,11-12H,7-10,13-14H2,1-2H3. The van der Waals surface area contributed by atoms with Crippen LogP contribution in [-0.4, -0.2) is 78.1 Å². The van der Waals surface area contributed by atoms with Gasteiger partial charge in [-0.2, -0.15) is 4.31 Å². The van der Waals surface area contributed by atoms with E-state index in [0.29, 0.717) is 13.1 Å². The highest BCUT2D eigenvalue weighted by atomic mass is 32.2. The first-order valence-corrected chi connectivity index (χ1v) is 12.5. The number of aryl methyl sites for hydroxylation is 2. The number of benzene rings is 1. The Morgan fingerprint density at radius 3 is 2.22 bits per heavy atom. The number of imide groups is 2. The molecule has 0 unspecified atom stereocenters. The maximum Gasteiger partial charge on any atom is 0.335 e. The lowest BCUT2D eigenvalue weighted by Gasteiger charge is -2.35. The molecule has 4 amide bonds. The maximum absolute atomic E-state index is 13.0. The minimum Gasteiger partial charge on any atom is -0.283 e. The maximum atomic E-state index is 13.0. The smallest absolute Gasteiger partial charge is 0.283 e. The molecule has 0 N–H and O–H groups in total. The predicted octanol–water partition coefficient (Wildman–Crippen LogP) is 1.62. The number of carbonyl (C=O) groups is 3. The highest BCUT2D eigenvalue weighted by molar-refractivity contribution is 7.89. The fourth-order valence-electron chi connectivity index (χ4n) is 3.71. The van der Waals surface area contributed by atoms with Crippen LogP contribution in [0.3, 0.4) is 0 Å². The van der Waals surface area contributed by atoms with Crippen LogP contribution in [0, 0.1) is 13.8 Å². The third-order valence-corrected chi connectivity index (χ3v) is 8.57. The van der Waals surface area contributed by atoms with Crippen molar-refractivity contribution < 1.29 is 22.8 Å². The van der Waals surface area contributed by atoms with Crippen molar-refractivity contribution in [3.05, 3.63) is 51.7 Å². The summed E-state index contributed by atoms with van der Waals surface area (Å²) in [6.45, 7) is 5.00. The van der Waals surface area contributed by atoms with E-state index in [1.807, 2.05) is 30.2 Å². The Labute approximate surface area is 190 Å². The monoisotopic (exact) mass is 476 g/mol. The molecule has 1 aromatic heterocycles. The lowest BCUT2D eigenvalue weighted by Crippen LogP contribution is -2.52. The zero-order valence-electron chi connectivity index (χ0n) is 17.9. The van der Waals surface area contributed by atoms with Crippen molar-refractivity contribution in [1.82, 2.24) is 19.0 Å². The number of thiophene rings is 1. The molecular formula is C21H24N4O5S2. The Kier molecular flexibility index (Phi) is 6.17. The van der Waals surface area contributed by atoms with Crippen LogP contribution in [0.1, 0.15) is 16.0 Å². The van der Waals surface area contributed by atoms with E-state index in [2.05, 4.69) is 0 Å². The van der Waals surface area contributed by atoms with E-state index in [1.165, 1.54) is 15.6 Å². The summed E-state index contributed by atoms with van der Waals surface area (Å²) in [5, 5.41) is 1.84. The van der Waals surface area contributed by atoms with Crippen LogP contribution in [0.25, 0.3) is 0 Å². The van der Waals surface area contributed by atoms with Crippen LogP contribution in [-0.2, 0) is 26.2 Å². The molecule has 170 valence electrons. The second-order valence-corrected chi connectivity index (χ2v) is 10.9. The second kappa shape index (κ2) is 8.74. The Hall–Kier alpha value is -2.60. The summed E-state index contributed by atoms with van der Waals surface area (Å²) in [7, 11) is -3.62. The van der Waals surface area contributed by atoms with Gasteiger partial charge in [-0.25, -0.2) is 18.1 Å². The highest BCUT2D eigenvalue weighted by Crippen LogP contribution is 2.22. The first kappa shape index (κ1) is 22.6. The van der Waals surface area contributed by atoms with Crippen molar-refractivity contribution in [3.8, 4) is 0 Å².